The van der Waals surface area contributed by atoms with Crippen molar-refractivity contribution < 1.29 is 32.4 Å². The van der Waals surface area contributed by atoms with Crippen molar-refractivity contribution in [2.24, 2.45) is 11.3 Å². The fourth-order valence-corrected chi connectivity index (χ4v) is 5.34. The van der Waals surface area contributed by atoms with E-state index in [2.05, 4.69) is 10.9 Å². The lowest BCUT2D eigenvalue weighted by atomic mass is 9.83. The molecule has 182 valence electrons. The monoisotopic (exact) mass is 484 g/mol. The predicted octanol–water partition coefficient (Wildman–Crippen LogP) is 1.98. The molecule has 2 aliphatic heterocycles. The summed E-state index contributed by atoms with van der Waals surface area (Å²) < 4.78 is 41.9. The Labute approximate surface area is 191 Å². The molecule has 1 unspecified atom stereocenters. The van der Waals surface area contributed by atoms with Gasteiger partial charge in [-0.15, -0.1) is 6.42 Å². The Morgan fingerprint density at radius 2 is 2.18 bits per heavy atom. The topological polar surface area (TPSA) is 135 Å². The highest BCUT2D eigenvalue weighted by Crippen LogP contribution is 2.60. The molecule has 0 radical (unpaired) electrons. The fourth-order valence-electron chi connectivity index (χ4n) is 3.85. The van der Waals surface area contributed by atoms with Gasteiger partial charge in [0, 0.05) is 12.3 Å². The number of fused-ring (bicyclic) bond motifs is 1. The number of phosphoric acid groups is 1. The zero-order chi connectivity index (χ0) is 24.4. The van der Waals surface area contributed by atoms with Crippen molar-refractivity contribution >= 4 is 13.8 Å². The standard InChI is InChI=1S/C21H29N2O9P/c1-6-14(18(25)30-13(3)4)9-11-28-33(27)29-12-15-17(32-33)21(5,7-2)19(31-15)23-10-8-16(24)22-20(23)26/h2,8,10,13-15,17,19H,6,9,11-12H2,1,3-5H3,(H,22,24,26)/t14?,15-,17-,19-,21-,33+/m1/s1. The van der Waals surface area contributed by atoms with E-state index in [0.29, 0.717) is 6.42 Å². The maximum absolute atomic E-state index is 13.1. The predicted molar refractivity (Wildman–Crippen MR) is 116 cm³/mol. The first-order valence-corrected chi connectivity index (χ1v) is 12.2. The summed E-state index contributed by atoms with van der Waals surface area (Å²) in [6, 6.07) is 1.17. The summed E-state index contributed by atoms with van der Waals surface area (Å²) in [5.74, 6) is 1.82. The maximum Gasteiger partial charge on any atom is 0.475 e. The van der Waals surface area contributed by atoms with Gasteiger partial charge in [0.15, 0.2) is 6.23 Å². The van der Waals surface area contributed by atoms with E-state index in [1.165, 1.54) is 12.3 Å². The quantitative estimate of drug-likeness (QED) is 0.334. The summed E-state index contributed by atoms with van der Waals surface area (Å²) in [7, 11) is -4.01. The Bertz CT molecular complexity index is 1070. The van der Waals surface area contributed by atoms with Crippen molar-refractivity contribution in [3.63, 3.8) is 0 Å². The van der Waals surface area contributed by atoms with Gasteiger partial charge < -0.3 is 9.47 Å². The van der Waals surface area contributed by atoms with E-state index in [1.807, 2.05) is 6.92 Å². The Hall–Kier alpha value is -2.22. The number of phosphoric ester groups is 1. The van der Waals surface area contributed by atoms with Crippen LogP contribution < -0.4 is 11.2 Å². The van der Waals surface area contributed by atoms with Crippen LogP contribution in [0.15, 0.2) is 21.9 Å². The Morgan fingerprint density at radius 3 is 2.79 bits per heavy atom. The first-order chi connectivity index (χ1) is 15.5. The molecule has 1 aromatic heterocycles. The summed E-state index contributed by atoms with van der Waals surface area (Å²) in [5, 5.41) is 0. The molecule has 1 N–H and O–H groups in total. The van der Waals surface area contributed by atoms with Crippen LogP contribution in [0.3, 0.4) is 0 Å². The van der Waals surface area contributed by atoms with E-state index in [4.69, 9.17) is 29.5 Å². The summed E-state index contributed by atoms with van der Waals surface area (Å²) in [6.07, 6.45) is 5.01. The highest BCUT2D eigenvalue weighted by molar-refractivity contribution is 7.48. The van der Waals surface area contributed by atoms with Crippen LogP contribution >= 0.6 is 7.82 Å². The minimum absolute atomic E-state index is 0.0587. The fraction of sp³-hybridized carbons (Fsp3) is 0.667. The van der Waals surface area contributed by atoms with Gasteiger partial charge >= 0.3 is 19.5 Å². The zero-order valence-corrected chi connectivity index (χ0v) is 19.9. The third-order valence-corrected chi connectivity index (χ3v) is 7.14. The largest absolute Gasteiger partial charge is 0.475 e. The first kappa shape index (κ1) is 25.4. The third-order valence-electron chi connectivity index (χ3n) is 5.69. The molecule has 3 rings (SSSR count). The third kappa shape index (κ3) is 5.31. The molecule has 2 saturated heterocycles. The van der Waals surface area contributed by atoms with Gasteiger partial charge in [-0.1, -0.05) is 12.8 Å². The highest BCUT2D eigenvalue weighted by atomic mass is 31.2. The minimum Gasteiger partial charge on any atom is -0.463 e. The summed E-state index contributed by atoms with van der Waals surface area (Å²) in [4.78, 5) is 38.0. The van der Waals surface area contributed by atoms with E-state index < -0.39 is 48.8 Å². The number of esters is 1. The van der Waals surface area contributed by atoms with Crippen molar-refractivity contribution in [2.45, 2.75) is 65.1 Å². The number of nitrogens with zero attached hydrogens (tertiary/aromatic N) is 1. The van der Waals surface area contributed by atoms with Crippen molar-refractivity contribution in [3.05, 3.63) is 33.1 Å². The molecule has 0 aliphatic carbocycles. The Balaban J connectivity index is 1.71. The van der Waals surface area contributed by atoms with Crippen LogP contribution in [0.25, 0.3) is 0 Å². The number of terminal acetylenes is 1. The van der Waals surface area contributed by atoms with E-state index >= 15 is 0 Å². The second-order valence-electron chi connectivity index (χ2n) is 8.45. The van der Waals surface area contributed by atoms with Gasteiger partial charge in [-0.3, -0.25) is 32.7 Å². The smallest absolute Gasteiger partial charge is 0.463 e. The molecule has 6 atom stereocenters. The molecule has 1 aromatic rings. The van der Waals surface area contributed by atoms with E-state index in [9.17, 15) is 18.9 Å². The molecule has 12 heteroatoms. The van der Waals surface area contributed by atoms with Crippen LogP contribution in [0.2, 0.25) is 0 Å². The lowest BCUT2D eigenvalue weighted by Crippen LogP contribution is -2.43. The molecule has 33 heavy (non-hydrogen) atoms. The summed E-state index contributed by atoms with van der Waals surface area (Å²) in [5.41, 5.74) is -2.48. The average Bonchev–Trinajstić information content (AvgIpc) is 3.03. The number of carbonyl (C=O) groups is 1. The molecule has 3 heterocycles. The molecular weight excluding hydrogens is 455 g/mol. The molecule has 0 saturated carbocycles. The van der Waals surface area contributed by atoms with Crippen molar-refractivity contribution in [2.75, 3.05) is 13.2 Å². The maximum atomic E-state index is 13.1. The van der Waals surface area contributed by atoms with Crippen LogP contribution in [0, 0.1) is 23.7 Å². The molecule has 11 nitrogen and oxygen atoms in total. The Morgan fingerprint density at radius 1 is 1.45 bits per heavy atom. The number of carbonyl (C=O) groups excluding carboxylic acids is 1. The van der Waals surface area contributed by atoms with Crippen LogP contribution in [0.5, 0.6) is 0 Å². The van der Waals surface area contributed by atoms with Gasteiger partial charge in [0.2, 0.25) is 0 Å². The molecular formula is C21H29N2O9P. The molecule has 2 aliphatic rings. The average molecular weight is 484 g/mol. The normalized spacial score (nSPS) is 32.2. The lowest BCUT2D eigenvalue weighted by molar-refractivity contribution is -0.153. The lowest BCUT2D eigenvalue weighted by Gasteiger charge is -2.35. The van der Waals surface area contributed by atoms with Crippen LogP contribution in [-0.2, 0) is 32.4 Å². The van der Waals surface area contributed by atoms with Crippen LogP contribution in [0.1, 0.15) is 46.8 Å². The van der Waals surface area contributed by atoms with Gasteiger partial charge in [0.05, 0.1) is 25.2 Å². The SMILES string of the molecule is C#C[C@]1(C)[C@@H]2O[P@@](=O)(OCCC(CC)C(=O)OC(C)C)OC[C@H]2O[C@H]1n1ccc(=O)[nH]c1=O. The van der Waals surface area contributed by atoms with Crippen LogP contribution in [-0.4, -0.2) is 47.0 Å². The number of hydrogen-bond donors (Lipinski definition) is 1. The van der Waals surface area contributed by atoms with Gasteiger partial charge in [0.25, 0.3) is 5.56 Å². The number of hydrogen-bond acceptors (Lipinski definition) is 9. The number of H-pyrrole nitrogens is 1. The number of nitrogens with one attached hydrogen (secondary N) is 1. The van der Waals surface area contributed by atoms with Gasteiger partial charge in [-0.25, -0.2) is 9.36 Å². The molecule has 0 bridgehead atoms. The van der Waals surface area contributed by atoms with Gasteiger partial charge in [-0.2, -0.15) is 0 Å². The molecule has 0 aromatic carbocycles. The number of ether oxygens (including phenoxy) is 2. The Kier molecular flexibility index (Phi) is 7.66. The number of rotatable bonds is 8. The first-order valence-electron chi connectivity index (χ1n) is 10.8. The van der Waals surface area contributed by atoms with E-state index in [0.717, 1.165) is 4.57 Å². The van der Waals surface area contributed by atoms with Gasteiger partial charge in [-0.05, 0) is 33.6 Å². The molecule has 2 fully saturated rings. The van der Waals surface area contributed by atoms with Gasteiger partial charge in [0.1, 0.15) is 17.6 Å². The van der Waals surface area contributed by atoms with Crippen LogP contribution in [0.4, 0.5) is 0 Å². The summed E-state index contributed by atoms with van der Waals surface area (Å²) >= 11 is 0. The molecule has 0 spiro atoms. The molecule has 0 amide bonds. The number of aromatic amines is 1. The summed E-state index contributed by atoms with van der Waals surface area (Å²) in [6.45, 7) is 6.81. The number of aromatic nitrogens is 2. The van der Waals surface area contributed by atoms with E-state index in [-0.39, 0.29) is 31.7 Å². The highest BCUT2D eigenvalue weighted by Gasteiger charge is 2.60. The van der Waals surface area contributed by atoms with Crippen molar-refractivity contribution in [3.8, 4) is 12.3 Å². The minimum atomic E-state index is -4.01. The van der Waals surface area contributed by atoms with Crippen molar-refractivity contribution in [1.29, 1.82) is 0 Å². The second-order valence-corrected chi connectivity index (χ2v) is 10.1. The van der Waals surface area contributed by atoms with Crippen molar-refractivity contribution in [1.82, 2.24) is 9.55 Å². The van der Waals surface area contributed by atoms with E-state index in [1.54, 1.807) is 20.8 Å². The zero-order valence-electron chi connectivity index (χ0n) is 19.0. The second kappa shape index (κ2) is 9.95.